The van der Waals surface area contributed by atoms with Crippen molar-refractivity contribution in [3.05, 3.63) is 92.9 Å². The predicted octanol–water partition coefficient (Wildman–Crippen LogP) is 4.66. The molecule has 10 heteroatoms. The second kappa shape index (κ2) is 8.66. The number of aromatic nitrogens is 1. The average molecular weight is 514 g/mol. The third kappa shape index (κ3) is 4.87. The zero-order valence-electron chi connectivity index (χ0n) is 14.7. The minimum Gasteiger partial charge on any atom is -0.345 e. The van der Waals surface area contributed by atoms with Crippen LogP contribution in [-0.4, -0.2) is 21.8 Å². The van der Waals surface area contributed by atoms with E-state index >= 15 is 0 Å². The summed E-state index contributed by atoms with van der Waals surface area (Å²) < 4.78 is 52.6. The van der Waals surface area contributed by atoms with Crippen LogP contribution >= 0.6 is 27.5 Å². The smallest absolute Gasteiger partial charge is 0.219 e. The summed E-state index contributed by atoms with van der Waals surface area (Å²) in [4.78, 5) is 3.72. The fraction of sp³-hybridized carbons (Fsp3) is 0. The Hall–Kier alpha value is -2.20. The highest BCUT2D eigenvalue weighted by Gasteiger charge is 2.33. The summed E-state index contributed by atoms with van der Waals surface area (Å²) in [6, 6.07) is 15.9. The lowest BCUT2D eigenvalue weighted by molar-refractivity contribution is 0.595. The average Bonchev–Trinajstić information content (AvgIpc) is 2.70. The number of pyridine rings is 1. The maximum Gasteiger partial charge on any atom is 0.219 e. The molecule has 0 unspecified atom stereocenters. The molecular formula is C19H14BrClN2O4S2. The molecule has 150 valence electrons. The standard InChI is InChI=1S/C19H14BrClN2O4S2/c20-14-6-11-18(22-12-14)23-13-19(28(24,25)16-4-2-1-3-5-16)29(26,27)17-9-7-15(21)8-10-17/h1-13H,(H,22,23). The van der Waals surface area contributed by atoms with E-state index in [2.05, 4.69) is 26.2 Å². The molecule has 0 bridgehead atoms. The molecule has 3 aromatic rings. The predicted molar refractivity (Wildman–Crippen MR) is 116 cm³/mol. The van der Waals surface area contributed by atoms with Crippen LogP contribution in [-0.2, 0) is 19.7 Å². The number of rotatable bonds is 6. The first-order valence-corrected chi connectivity index (χ1v) is 12.2. The third-order valence-electron chi connectivity index (χ3n) is 3.77. The Bertz CT molecular complexity index is 1240. The molecule has 0 aliphatic carbocycles. The zero-order chi connectivity index (χ0) is 21.1. The normalized spacial score (nSPS) is 12.6. The number of anilines is 1. The van der Waals surface area contributed by atoms with Crippen molar-refractivity contribution in [2.75, 3.05) is 5.32 Å². The Labute approximate surface area is 182 Å². The molecule has 29 heavy (non-hydrogen) atoms. The minimum atomic E-state index is -4.39. The van der Waals surface area contributed by atoms with Gasteiger partial charge in [0.2, 0.25) is 19.7 Å². The molecule has 0 spiro atoms. The molecule has 0 aliphatic rings. The Kier molecular flexibility index (Phi) is 6.42. The van der Waals surface area contributed by atoms with E-state index in [0.29, 0.717) is 5.02 Å². The lowest BCUT2D eigenvalue weighted by Gasteiger charge is -2.12. The van der Waals surface area contributed by atoms with Gasteiger partial charge in [-0.25, -0.2) is 21.8 Å². The van der Waals surface area contributed by atoms with Crippen molar-refractivity contribution < 1.29 is 16.8 Å². The van der Waals surface area contributed by atoms with Crippen molar-refractivity contribution in [3.8, 4) is 0 Å². The highest BCUT2D eigenvalue weighted by molar-refractivity contribution is 9.10. The van der Waals surface area contributed by atoms with Gasteiger partial charge in [0.05, 0.1) is 9.79 Å². The molecule has 0 saturated carbocycles. The summed E-state index contributed by atoms with van der Waals surface area (Å²) >= 11 is 9.08. The first kappa shape index (κ1) is 21.5. The molecule has 0 saturated heterocycles. The van der Waals surface area contributed by atoms with Gasteiger partial charge >= 0.3 is 0 Å². The van der Waals surface area contributed by atoms with Gasteiger partial charge in [0.1, 0.15) is 5.82 Å². The summed E-state index contributed by atoms with van der Waals surface area (Å²) in [5.74, 6) is 0.278. The van der Waals surface area contributed by atoms with Crippen LogP contribution in [0.5, 0.6) is 0 Å². The molecule has 0 aliphatic heterocycles. The van der Waals surface area contributed by atoms with Crippen LogP contribution in [0, 0.1) is 0 Å². The first-order valence-electron chi connectivity index (χ1n) is 8.10. The van der Waals surface area contributed by atoms with E-state index in [0.717, 1.165) is 10.7 Å². The fourth-order valence-electron chi connectivity index (χ4n) is 2.34. The number of sulfone groups is 2. The van der Waals surface area contributed by atoms with E-state index in [4.69, 9.17) is 11.6 Å². The maximum atomic E-state index is 13.2. The summed E-state index contributed by atoms with van der Waals surface area (Å²) in [7, 11) is -8.74. The van der Waals surface area contributed by atoms with Crippen molar-refractivity contribution in [1.29, 1.82) is 0 Å². The highest BCUT2D eigenvalue weighted by atomic mass is 79.9. The summed E-state index contributed by atoms with van der Waals surface area (Å²) in [6.07, 6.45) is 2.43. The molecule has 1 aromatic heterocycles. The maximum absolute atomic E-state index is 13.2. The number of nitrogens with one attached hydrogen (secondary N) is 1. The topological polar surface area (TPSA) is 93.2 Å². The van der Waals surface area contributed by atoms with Gasteiger partial charge < -0.3 is 5.32 Å². The monoisotopic (exact) mass is 512 g/mol. The van der Waals surface area contributed by atoms with Gasteiger partial charge in [-0.3, -0.25) is 0 Å². The van der Waals surface area contributed by atoms with Gasteiger partial charge in [-0.15, -0.1) is 0 Å². The van der Waals surface area contributed by atoms with Gasteiger partial charge in [-0.2, -0.15) is 0 Å². The van der Waals surface area contributed by atoms with E-state index in [1.165, 1.54) is 54.7 Å². The molecule has 0 fully saturated rings. The molecule has 2 aromatic carbocycles. The molecule has 1 N–H and O–H groups in total. The van der Waals surface area contributed by atoms with Crippen molar-refractivity contribution in [2.45, 2.75) is 9.79 Å². The number of halogens is 2. The van der Waals surface area contributed by atoms with Crippen LogP contribution < -0.4 is 5.32 Å². The van der Waals surface area contributed by atoms with Crippen molar-refractivity contribution in [3.63, 3.8) is 0 Å². The van der Waals surface area contributed by atoms with Crippen molar-refractivity contribution in [2.24, 2.45) is 0 Å². The van der Waals surface area contributed by atoms with Crippen LogP contribution in [0.2, 0.25) is 5.02 Å². The molecule has 1 heterocycles. The fourth-order valence-corrected chi connectivity index (χ4v) is 6.34. The molecular weight excluding hydrogens is 500 g/mol. The largest absolute Gasteiger partial charge is 0.345 e. The lowest BCUT2D eigenvalue weighted by Crippen LogP contribution is -2.16. The van der Waals surface area contributed by atoms with Crippen LogP contribution in [0.25, 0.3) is 0 Å². The number of hydrogen-bond donors (Lipinski definition) is 1. The van der Waals surface area contributed by atoms with Crippen LogP contribution in [0.4, 0.5) is 5.82 Å². The molecule has 0 amide bonds. The first-order chi connectivity index (χ1) is 13.7. The van der Waals surface area contributed by atoms with Crippen LogP contribution in [0.15, 0.2) is 97.6 Å². The highest BCUT2D eigenvalue weighted by Crippen LogP contribution is 2.29. The SMILES string of the molecule is O=S(=O)(C(=CNc1ccc(Br)cn1)S(=O)(=O)c1ccc(Cl)cc1)c1ccccc1. The van der Waals surface area contributed by atoms with Crippen molar-refractivity contribution in [1.82, 2.24) is 4.98 Å². The number of benzene rings is 2. The van der Waals surface area contributed by atoms with Gasteiger partial charge in [0.25, 0.3) is 0 Å². The Morgan fingerprint density at radius 3 is 2.00 bits per heavy atom. The Balaban J connectivity index is 2.14. The Morgan fingerprint density at radius 2 is 1.45 bits per heavy atom. The van der Waals surface area contributed by atoms with E-state index in [9.17, 15) is 16.8 Å². The molecule has 0 atom stereocenters. The third-order valence-corrected chi connectivity index (χ3v) is 8.89. The minimum absolute atomic E-state index is 0.144. The van der Waals surface area contributed by atoms with Gasteiger partial charge in [-0.1, -0.05) is 29.8 Å². The van der Waals surface area contributed by atoms with Gasteiger partial charge in [-0.05, 0) is 64.5 Å². The van der Waals surface area contributed by atoms with Crippen LogP contribution in [0.1, 0.15) is 0 Å². The zero-order valence-corrected chi connectivity index (χ0v) is 18.6. The summed E-state index contributed by atoms with van der Waals surface area (Å²) in [5.41, 5.74) is 0. The lowest BCUT2D eigenvalue weighted by atomic mass is 10.4. The molecule has 6 nitrogen and oxygen atoms in total. The van der Waals surface area contributed by atoms with Gasteiger partial charge in [0.15, 0.2) is 4.24 Å². The van der Waals surface area contributed by atoms with E-state index in [1.54, 1.807) is 18.2 Å². The number of hydrogen-bond acceptors (Lipinski definition) is 6. The second-order valence-electron chi connectivity index (χ2n) is 5.74. The van der Waals surface area contributed by atoms with E-state index < -0.39 is 23.9 Å². The Morgan fingerprint density at radius 1 is 0.862 bits per heavy atom. The second-order valence-corrected chi connectivity index (χ2v) is 11.2. The number of nitrogens with zero attached hydrogens (tertiary/aromatic N) is 1. The summed E-state index contributed by atoms with van der Waals surface area (Å²) in [5, 5.41) is 2.99. The molecule has 3 rings (SSSR count). The quantitative estimate of drug-likeness (QED) is 0.515. The summed E-state index contributed by atoms with van der Waals surface area (Å²) in [6.45, 7) is 0. The van der Waals surface area contributed by atoms with Gasteiger partial charge in [0, 0.05) is 21.9 Å². The van der Waals surface area contributed by atoms with E-state index in [-0.39, 0.29) is 15.6 Å². The van der Waals surface area contributed by atoms with E-state index in [1.807, 2.05) is 0 Å². The van der Waals surface area contributed by atoms with Crippen LogP contribution in [0.3, 0.4) is 0 Å². The van der Waals surface area contributed by atoms with Crippen molar-refractivity contribution >= 4 is 53.0 Å². The molecule has 0 radical (unpaired) electrons.